The van der Waals surface area contributed by atoms with Gasteiger partial charge in [0.1, 0.15) is 5.76 Å². The van der Waals surface area contributed by atoms with E-state index in [0.717, 1.165) is 32.8 Å². The zero-order valence-electron chi connectivity index (χ0n) is 17.5. The van der Waals surface area contributed by atoms with Gasteiger partial charge in [0, 0.05) is 38.9 Å². The van der Waals surface area contributed by atoms with E-state index in [9.17, 15) is 9.59 Å². The zero-order chi connectivity index (χ0) is 22.0. The van der Waals surface area contributed by atoms with E-state index < -0.39 is 12.1 Å². The van der Waals surface area contributed by atoms with Crippen LogP contribution in [0.4, 0.5) is 0 Å². The molecular weight excluding hydrogens is 412 g/mol. The molecule has 2 aromatic heterocycles. The van der Waals surface area contributed by atoms with Crippen LogP contribution < -0.4 is 0 Å². The molecule has 31 heavy (non-hydrogen) atoms. The first kappa shape index (κ1) is 20.9. The van der Waals surface area contributed by atoms with Gasteiger partial charge < -0.3 is 14.2 Å². The fourth-order valence-electron chi connectivity index (χ4n) is 3.39. The topological polar surface area (TPSA) is 85.2 Å². The molecule has 0 amide bonds. The first-order chi connectivity index (χ1) is 15.0. The fourth-order valence-corrected chi connectivity index (χ4v) is 4.58. The Kier molecular flexibility index (Phi) is 5.95. The number of ether oxygens (including phenoxy) is 1. The number of esters is 1. The first-order valence-corrected chi connectivity index (χ1v) is 10.9. The van der Waals surface area contributed by atoms with Crippen LogP contribution in [-0.4, -0.2) is 28.0 Å². The van der Waals surface area contributed by atoms with Crippen LogP contribution in [-0.2, 0) is 10.5 Å². The lowest BCUT2D eigenvalue weighted by molar-refractivity contribution is 0.0316. The number of benzene rings is 2. The number of carbonyl (C=O) groups is 2. The van der Waals surface area contributed by atoms with Crippen molar-refractivity contribution in [2.75, 3.05) is 0 Å². The SMILES string of the molecule is Cc1noc(C)c1CSc1ccccc1C(=O)O[C@@H](C)C(=O)c1c[nH]c2ccccc12. The highest BCUT2D eigenvalue weighted by molar-refractivity contribution is 7.98. The fraction of sp³-hybridized carbons (Fsp3) is 0.208. The van der Waals surface area contributed by atoms with Crippen molar-refractivity contribution in [3.05, 3.63) is 82.9 Å². The molecular formula is C24H22N2O4S. The van der Waals surface area contributed by atoms with Gasteiger partial charge in [-0.25, -0.2) is 4.79 Å². The van der Waals surface area contributed by atoms with Gasteiger partial charge in [0.25, 0.3) is 0 Å². The van der Waals surface area contributed by atoms with E-state index in [4.69, 9.17) is 9.26 Å². The number of aryl methyl sites for hydroxylation is 2. The molecule has 4 aromatic rings. The smallest absolute Gasteiger partial charge is 0.339 e. The molecule has 2 aromatic carbocycles. The number of para-hydroxylation sites is 1. The molecule has 0 saturated heterocycles. The van der Waals surface area contributed by atoms with E-state index in [1.807, 2.05) is 50.2 Å². The number of hydrogen-bond donors (Lipinski definition) is 1. The Morgan fingerprint density at radius 3 is 2.61 bits per heavy atom. The number of fused-ring (bicyclic) bond motifs is 1. The Bertz CT molecular complexity index is 1240. The zero-order valence-corrected chi connectivity index (χ0v) is 18.3. The Balaban J connectivity index is 1.49. The maximum absolute atomic E-state index is 12.9. The van der Waals surface area contributed by atoms with Crippen molar-refractivity contribution in [3.63, 3.8) is 0 Å². The quantitative estimate of drug-likeness (QED) is 0.235. The van der Waals surface area contributed by atoms with Crippen LogP contribution in [0.3, 0.4) is 0 Å². The molecule has 0 unspecified atom stereocenters. The molecule has 2 heterocycles. The lowest BCUT2D eigenvalue weighted by atomic mass is 10.1. The molecule has 0 spiro atoms. The predicted molar refractivity (Wildman–Crippen MR) is 119 cm³/mol. The lowest BCUT2D eigenvalue weighted by Crippen LogP contribution is -2.24. The number of aromatic amines is 1. The van der Waals surface area contributed by atoms with Crippen molar-refractivity contribution in [2.45, 2.75) is 37.5 Å². The summed E-state index contributed by atoms with van der Waals surface area (Å²) in [6.45, 7) is 5.36. The number of hydrogen-bond acceptors (Lipinski definition) is 6. The van der Waals surface area contributed by atoms with Gasteiger partial charge >= 0.3 is 5.97 Å². The number of nitrogens with one attached hydrogen (secondary N) is 1. The number of thioether (sulfide) groups is 1. The number of carbonyl (C=O) groups excluding carboxylic acids is 2. The summed E-state index contributed by atoms with van der Waals surface area (Å²) in [6, 6.07) is 14.8. The first-order valence-electron chi connectivity index (χ1n) is 9.90. The molecule has 0 aliphatic rings. The van der Waals surface area contributed by atoms with Gasteiger partial charge in [0.15, 0.2) is 6.10 Å². The lowest BCUT2D eigenvalue weighted by Gasteiger charge is -2.14. The molecule has 0 fully saturated rings. The molecule has 0 aliphatic carbocycles. The average Bonchev–Trinajstić information content (AvgIpc) is 3.35. The molecule has 0 bridgehead atoms. The van der Waals surface area contributed by atoms with Crippen LogP contribution >= 0.6 is 11.8 Å². The number of H-pyrrole nitrogens is 1. The number of nitrogens with zero attached hydrogens (tertiary/aromatic N) is 1. The minimum absolute atomic E-state index is 0.244. The number of aromatic nitrogens is 2. The Morgan fingerprint density at radius 1 is 1.10 bits per heavy atom. The van der Waals surface area contributed by atoms with Crippen LogP contribution in [0, 0.1) is 13.8 Å². The second kappa shape index (κ2) is 8.81. The van der Waals surface area contributed by atoms with Crippen LogP contribution in [0.5, 0.6) is 0 Å². The van der Waals surface area contributed by atoms with Gasteiger partial charge in [0.2, 0.25) is 5.78 Å². The van der Waals surface area contributed by atoms with Gasteiger partial charge in [-0.15, -0.1) is 11.8 Å². The summed E-state index contributed by atoms with van der Waals surface area (Å²) < 4.78 is 10.8. The summed E-state index contributed by atoms with van der Waals surface area (Å²) in [4.78, 5) is 29.6. The number of Topliss-reactive ketones (excluding diaryl/α,β-unsaturated/α-hetero) is 1. The Labute approximate surface area is 184 Å². The molecule has 158 valence electrons. The third-order valence-electron chi connectivity index (χ3n) is 5.17. The summed E-state index contributed by atoms with van der Waals surface area (Å²) in [6.07, 6.45) is 0.748. The highest BCUT2D eigenvalue weighted by Gasteiger charge is 2.24. The van der Waals surface area contributed by atoms with Crippen LogP contribution in [0.25, 0.3) is 10.9 Å². The molecule has 0 saturated carbocycles. The van der Waals surface area contributed by atoms with Gasteiger partial charge in [-0.1, -0.05) is 35.5 Å². The monoisotopic (exact) mass is 434 g/mol. The van der Waals surface area contributed by atoms with Crippen molar-refractivity contribution in [1.82, 2.24) is 10.1 Å². The molecule has 7 heteroatoms. The number of rotatable bonds is 7. The van der Waals surface area contributed by atoms with Crippen molar-refractivity contribution < 1.29 is 18.8 Å². The molecule has 6 nitrogen and oxygen atoms in total. The normalized spacial score (nSPS) is 12.1. The number of ketones is 1. The van der Waals surface area contributed by atoms with Gasteiger partial charge in [0.05, 0.1) is 11.3 Å². The van der Waals surface area contributed by atoms with E-state index in [1.54, 1.807) is 25.3 Å². The van der Waals surface area contributed by atoms with E-state index >= 15 is 0 Å². The molecule has 0 aliphatic heterocycles. The van der Waals surface area contributed by atoms with Gasteiger partial charge in [-0.05, 0) is 39.0 Å². The molecule has 0 radical (unpaired) electrons. The maximum Gasteiger partial charge on any atom is 0.339 e. The summed E-state index contributed by atoms with van der Waals surface area (Å²) in [5.41, 5.74) is 3.65. The van der Waals surface area contributed by atoms with E-state index in [2.05, 4.69) is 10.1 Å². The maximum atomic E-state index is 12.9. The molecule has 1 atom stereocenters. The van der Waals surface area contributed by atoms with Gasteiger partial charge in [-0.2, -0.15) is 0 Å². The third-order valence-corrected chi connectivity index (χ3v) is 6.27. The Morgan fingerprint density at radius 2 is 1.84 bits per heavy atom. The van der Waals surface area contributed by atoms with E-state index in [1.165, 1.54) is 11.8 Å². The minimum atomic E-state index is -0.910. The standard InChI is InChI=1S/C24H22N2O4S/c1-14-20(15(2)30-26-14)13-31-22-11-7-5-9-18(22)24(28)29-16(3)23(27)19-12-25-21-10-6-4-8-17(19)21/h4-12,16,25H,13H2,1-3H3/t16-/m0/s1. The van der Waals surface area contributed by atoms with Crippen LogP contribution in [0.2, 0.25) is 0 Å². The van der Waals surface area contributed by atoms with E-state index in [0.29, 0.717) is 16.9 Å². The summed E-state index contributed by atoms with van der Waals surface area (Å²) in [7, 11) is 0. The van der Waals surface area contributed by atoms with Crippen molar-refractivity contribution >= 4 is 34.4 Å². The third kappa shape index (κ3) is 4.27. The second-order valence-electron chi connectivity index (χ2n) is 7.25. The average molecular weight is 435 g/mol. The van der Waals surface area contributed by atoms with E-state index in [-0.39, 0.29) is 5.78 Å². The molecule has 1 N–H and O–H groups in total. The van der Waals surface area contributed by atoms with Crippen LogP contribution in [0.15, 0.2) is 64.1 Å². The van der Waals surface area contributed by atoms with Crippen molar-refractivity contribution in [1.29, 1.82) is 0 Å². The van der Waals surface area contributed by atoms with Crippen LogP contribution in [0.1, 0.15) is 44.7 Å². The van der Waals surface area contributed by atoms with Crippen molar-refractivity contribution in [3.8, 4) is 0 Å². The predicted octanol–water partition coefficient (Wildman–Crippen LogP) is 5.49. The highest BCUT2D eigenvalue weighted by Crippen LogP contribution is 2.29. The van der Waals surface area contributed by atoms with Crippen molar-refractivity contribution in [2.24, 2.45) is 0 Å². The second-order valence-corrected chi connectivity index (χ2v) is 8.26. The highest BCUT2D eigenvalue weighted by atomic mass is 32.2. The van der Waals surface area contributed by atoms with Gasteiger partial charge in [-0.3, -0.25) is 4.79 Å². The molecule has 4 rings (SSSR count). The summed E-state index contributed by atoms with van der Waals surface area (Å²) >= 11 is 1.51. The summed E-state index contributed by atoms with van der Waals surface area (Å²) in [5.74, 6) is 0.618. The largest absolute Gasteiger partial charge is 0.451 e. The minimum Gasteiger partial charge on any atom is -0.451 e. The Hall–Kier alpha value is -3.32. The summed E-state index contributed by atoms with van der Waals surface area (Å²) in [5, 5.41) is 4.78.